The van der Waals surface area contributed by atoms with Gasteiger partial charge in [-0.1, -0.05) is 24.6 Å². The van der Waals surface area contributed by atoms with Crippen molar-refractivity contribution in [2.45, 2.75) is 70.3 Å². The van der Waals surface area contributed by atoms with Crippen molar-refractivity contribution in [1.29, 1.82) is 0 Å². The number of hydrogen-bond donors (Lipinski definition) is 3. The molecular weight excluding hydrogens is 495 g/mol. The molecule has 202 valence electrons. The van der Waals surface area contributed by atoms with Crippen LogP contribution in [0, 0.1) is 5.92 Å². The van der Waals surface area contributed by atoms with E-state index in [2.05, 4.69) is 30.7 Å². The lowest BCUT2D eigenvalue weighted by Crippen LogP contribution is -2.37. The number of aromatic amines is 1. The molecule has 3 N–H and O–H groups in total. The van der Waals surface area contributed by atoms with Crippen molar-refractivity contribution in [2.24, 2.45) is 13.0 Å². The molecule has 1 aliphatic carbocycles. The number of aryl methyl sites for hydroxylation is 1. The summed E-state index contributed by atoms with van der Waals surface area (Å²) in [6.07, 6.45) is -0.281. The Bertz CT molecular complexity index is 1420. The van der Waals surface area contributed by atoms with E-state index in [1.165, 1.54) is 6.42 Å². The molecule has 5 rings (SSSR count). The quantitative estimate of drug-likeness (QED) is 0.294. The van der Waals surface area contributed by atoms with Crippen LogP contribution < -0.4 is 5.32 Å². The molecule has 0 bridgehead atoms. The van der Waals surface area contributed by atoms with Gasteiger partial charge in [-0.15, -0.1) is 10.2 Å². The molecule has 8 nitrogen and oxygen atoms in total. The van der Waals surface area contributed by atoms with Crippen molar-refractivity contribution in [3.05, 3.63) is 59.4 Å². The number of rotatable bonds is 8. The summed E-state index contributed by atoms with van der Waals surface area (Å²) in [6.45, 7) is 5.12. The molecular formula is C27H32F3N7O. The second kappa shape index (κ2) is 10.1. The lowest BCUT2D eigenvalue weighted by Gasteiger charge is -2.33. The molecule has 1 aromatic carbocycles. The number of pyridine rings is 1. The highest BCUT2D eigenvalue weighted by Crippen LogP contribution is 2.44. The van der Waals surface area contributed by atoms with Crippen LogP contribution in [0.15, 0.2) is 36.7 Å². The van der Waals surface area contributed by atoms with Crippen LogP contribution in [0.4, 0.5) is 13.2 Å². The largest absolute Gasteiger partial charge is 0.433 e. The number of nitrogens with zero attached hydrogens (tertiary/aromatic N) is 5. The van der Waals surface area contributed by atoms with E-state index in [4.69, 9.17) is 0 Å². The molecule has 0 radical (unpaired) electrons. The van der Waals surface area contributed by atoms with Crippen molar-refractivity contribution in [1.82, 2.24) is 35.3 Å². The molecule has 0 saturated heterocycles. The minimum Gasteiger partial charge on any atom is -0.392 e. The molecule has 3 heterocycles. The van der Waals surface area contributed by atoms with E-state index < -0.39 is 24.0 Å². The van der Waals surface area contributed by atoms with Crippen LogP contribution in [0.3, 0.4) is 0 Å². The smallest absolute Gasteiger partial charge is 0.392 e. The Hall–Kier alpha value is -3.31. The maximum Gasteiger partial charge on any atom is 0.433 e. The van der Waals surface area contributed by atoms with Crippen LogP contribution in [-0.2, 0) is 13.2 Å². The van der Waals surface area contributed by atoms with Crippen LogP contribution in [0.25, 0.3) is 22.2 Å². The van der Waals surface area contributed by atoms with Crippen molar-refractivity contribution in [3.63, 3.8) is 0 Å². The Balaban J connectivity index is 1.61. The predicted molar refractivity (Wildman–Crippen MR) is 137 cm³/mol. The first-order valence-corrected chi connectivity index (χ1v) is 12.9. The highest BCUT2D eigenvalue weighted by molar-refractivity contribution is 5.94. The summed E-state index contributed by atoms with van der Waals surface area (Å²) >= 11 is 0. The van der Waals surface area contributed by atoms with E-state index >= 15 is 0 Å². The van der Waals surface area contributed by atoms with Crippen LogP contribution in [-0.4, -0.2) is 47.2 Å². The summed E-state index contributed by atoms with van der Waals surface area (Å²) in [5.74, 6) is 1.34. The Morgan fingerprint density at radius 2 is 1.92 bits per heavy atom. The molecule has 38 heavy (non-hydrogen) atoms. The molecule has 4 aromatic rings. The second-order valence-electron chi connectivity index (χ2n) is 10.4. The second-order valence-corrected chi connectivity index (χ2v) is 10.4. The maximum atomic E-state index is 13.9. The van der Waals surface area contributed by atoms with Gasteiger partial charge in [-0.3, -0.25) is 5.10 Å². The number of alkyl halides is 3. The van der Waals surface area contributed by atoms with Crippen LogP contribution in [0.2, 0.25) is 0 Å². The van der Waals surface area contributed by atoms with E-state index in [0.29, 0.717) is 28.1 Å². The molecule has 0 unspecified atom stereocenters. The van der Waals surface area contributed by atoms with Gasteiger partial charge in [-0.05, 0) is 57.2 Å². The van der Waals surface area contributed by atoms with Crippen molar-refractivity contribution in [2.75, 3.05) is 0 Å². The Labute approximate surface area is 218 Å². The fourth-order valence-electron chi connectivity index (χ4n) is 5.19. The fraction of sp³-hybridized carbons (Fsp3) is 0.481. The zero-order valence-corrected chi connectivity index (χ0v) is 21.8. The van der Waals surface area contributed by atoms with Gasteiger partial charge >= 0.3 is 6.18 Å². The molecule has 1 saturated carbocycles. The lowest BCUT2D eigenvalue weighted by atomic mass is 9.72. The molecule has 1 aliphatic rings. The highest BCUT2D eigenvalue weighted by Gasteiger charge is 2.36. The normalized spacial score (nSPS) is 17.8. The number of aliphatic hydroxyl groups is 1. The first kappa shape index (κ1) is 26.3. The summed E-state index contributed by atoms with van der Waals surface area (Å²) in [6, 6.07) is 7.95. The maximum absolute atomic E-state index is 13.9. The third-order valence-electron chi connectivity index (χ3n) is 7.68. The highest BCUT2D eigenvalue weighted by atomic mass is 19.4. The number of H-pyrrole nitrogens is 1. The van der Waals surface area contributed by atoms with E-state index in [1.807, 2.05) is 35.9 Å². The van der Waals surface area contributed by atoms with E-state index in [0.717, 1.165) is 30.3 Å². The van der Waals surface area contributed by atoms with Gasteiger partial charge in [0.05, 0.1) is 17.3 Å². The van der Waals surface area contributed by atoms with Gasteiger partial charge < -0.3 is 15.0 Å². The SMILES string of the molecule is C[C@H](N[C@H](C)[C@H](C)O)c1nc(C(F)(F)F)cc2c(-c3cccc([C@H](c4nncn4C)C4CCC4)c3)n[nH]c12. The van der Waals surface area contributed by atoms with Crippen LogP contribution in [0.5, 0.6) is 0 Å². The molecule has 4 atom stereocenters. The number of benzene rings is 1. The molecule has 3 aromatic heterocycles. The third-order valence-corrected chi connectivity index (χ3v) is 7.68. The predicted octanol–water partition coefficient (Wildman–Crippen LogP) is 5.12. The zero-order chi connectivity index (χ0) is 27.2. The molecule has 0 amide bonds. The number of halogens is 3. The van der Waals surface area contributed by atoms with Crippen molar-refractivity contribution < 1.29 is 18.3 Å². The summed E-state index contributed by atoms with van der Waals surface area (Å²) in [5.41, 5.74) is 1.82. The Kier molecular flexibility index (Phi) is 6.99. The number of fused-ring (bicyclic) bond motifs is 1. The van der Waals surface area contributed by atoms with Crippen LogP contribution >= 0.6 is 0 Å². The Morgan fingerprint density at radius 3 is 2.53 bits per heavy atom. The van der Waals surface area contributed by atoms with E-state index in [-0.39, 0.29) is 17.7 Å². The Morgan fingerprint density at radius 1 is 1.16 bits per heavy atom. The summed E-state index contributed by atoms with van der Waals surface area (Å²) < 4.78 is 43.7. The monoisotopic (exact) mass is 527 g/mol. The van der Waals surface area contributed by atoms with Crippen LogP contribution in [0.1, 0.15) is 74.8 Å². The zero-order valence-electron chi connectivity index (χ0n) is 21.8. The topological polar surface area (TPSA) is 105 Å². The summed E-state index contributed by atoms with van der Waals surface area (Å²) in [5, 5.41) is 29.2. The first-order chi connectivity index (χ1) is 18.0. The van der Waals surface area contributed by atoms with Gasteiger partial charge in [-0.25, -0.2) is 4.98 Å². The molecule has 0 aliphatic heterocycles. The fourth-order valence-corrected chi connectivity index (χ4v) is 5.19. The van der Waals surface area contributed by atoms with Gasteiger partial charge in [-0.2, -0.15) is 18.3 Å². The summed E-state index contributed by atoms with van der Waals surface area (Å²) in [7, 11) is 1.92. The van der Waals surface area contributed by atoms with Gasteiger partial charge in [0, 0.05) is 36.0 Å². The minimum absolute atomic E-state index is 0.0375. The van der Waals surface area contributed by atoms with Gasteiger partial charge in [0.1, 0.15) is 23.5 Å². The first-order valence-electron chi connectivity index (χ1n) is 12.9. The number of aromatic nitrogens is 6. The molecule has 1 fully saturated rings. The number of hydrogen-bond acceptors (Lipinski definition) is 6. The van der Waals surface area contributed by atoms with Gasteiger partial charge in [0.25, 0.3) is 0 Å². The van der Waals surface area contributed by atoms with Gasteiger partial charge in [0.15, 0.2) is 0 Å². The van der Waals surface area contributed by atoms with Crippen molar-refractivity contribution in [3.8, 4) is 11.3 Å². The van der Waals surface area contributed by atoms with E-state index in [1.54, 1.807) is 27.1 Å². The average Bonchev–Trinajstić information content (AvgIpc) is 3.46. The van der Waals surface area contributed by atoms with E-state index in [9.17, 15) is 18.3 Å². The number of nitrogens with one attached hydrogen (secondary N) is 2. The third kappa shape index (κ3) is 4.92. The molecule has 0 spiro atoms. The lowest BCUT2D eigenvalue weighted by molar-refractivity contribution is -0.141. The molecule has 11 heteroatoms. The number of aliphatic hydroxyl groups excluding tert-OH is 1. The summed E-state index contributed by atoms with van der Waals surface area (Å²) in [4.78, 5) is 3.96. The average molecular weight is 528 g/mol. The minimum atomic E-state index is -4.63. The standard InChI is InChI=1S/C27H32F3N7O/c1-14(16(3)38)32-15(2)23-25-20(12-21(33-23)27(28,29)30)24(34-35-25)19-10-6-9-18(11-19)22(17-7-5-8-17)26-36-31-13-37(26)4/h6,9-17,22,32,38H,5,7-8H2,1-4H3,(H,34,35)/t14-,15+,16+,22-/m1/s1. The van der Waals surface area contributed by atoms with Crippen molar-refractivity contribution >= 4 is 10.9 Å². The van der Waals surface area contributed by atoms with Gasteiger partial charge in [0.2, 0.25) is 0 Å².